The summed E-state index contributed by atoms with van der Waals surface area (Å²) in [5.74, 6) is -0.235. The van der Waals surface area contributed by atoms with Crippen molar-refractivity contribution in [2.24, 2.45) is 0 Å². The van der Waals surface area contributed by atoms with Gasteiger partial charge in [0.15, 0.2) is 0 Å². The fourth-order valence-electron chi connectivity index (χ4n) is 3.03. The summed E-state index contributed by atoms with van der Waals surface area (Å²) in [4.78, 5) is 12.1. The van der Waals surface area contributed by atoms with Crippen molar-refractivity contribution < 1.29 is 17.6 Å². The minimum atomic E-state index is -3.27. The Balaban J connectivity index is 1.56. The van der Waals surface area contributed by atoms with Crippen LogP contribution in [0.1, 0.15) is 6.42 Å². The minimum Gasteiger partial charge on any atom is -0.456 e. The molecule has 1 N–H and O–H groups in total. The first-order chi connectivity index (χ1) is 11.5. The standard InChI is InChI=1S/C17H16N2O4S/c20-17(11-19-8-3-9-24(19,21)22)18-12-6-7-14-13-4-1-2-5-15(13)23-16(14)10-12/h1-2,4-7,10H,3,8-9,11H2,(H,18,20). The molecule has 1 amide bonds. The van der Waals surface area contributed by atoms with E-state index in [1.807, 2.05) is 30.3 Å². The number of anilines is 1. The van der Waals surface area contributed by atoms with E-state index < -0.39 is 10.0 Å². The molecule has 1 fully saturated rings. The second-order valence-corrected chi connectivity index (χ2v) is 7.95. The molecule has 2 aromatic carbocycles. The van der Waals surface area contributed by atoms with E-state index in [0.29, 0.717) is 24.2 Å². The number of fused-ring (bicyclic) bond motifs is 3. The predicted octanol–water partition coefficient (Wildman–Crippen LogP) is 2.56. The number of nitrogens with one attached hydrogen (secondary N) is 1. The van der Waals surface area contributed by atoms with Crippen molar-refractivity contribution in [3.63, 3.8) is 0 Å². The van der Waals surface area contributed by atoms with Crippen LogP contribution in [0.5, 0.6) is 0 Å². The van der Waals surface area contributed by atoms with E-state index in [0.717, 1.165) is 16.4 Å². The quantitative estimate of drug-likeness (QED) is 0.792. The van der Waals surface area contributed by atoms with Crippen molar-refractivity contribution in [3.8, 4) is 0 Å². The van der Waals surface area contributed by atoms with Gasteiger partial charge in [-0.15, -0.1) is 0 Å². The summed E-state index contributed by atoms with van der Waals surface area (Å²) in [5.41, 5.74) is 2.06. The fourth-order valence-corrected chi connectivity index (χ4v) is 4.51. The van der Waals surface area contributed by atoms with Crippen LogP contribution in [0.25, 0.3) is 21.9 Å². The Kier molecular flexibility index (Phi) is 3.54. The lowest BCUT2D eigenvalue weighted by Crippen LogP contribution is -2.34. The van der Waals surface area contributed by atoms with Crippen molar-refractivity contribution >= 4 is 43.6 Å². The van der Waals surface area contributed by atoms with Crippen LogP contribution in [-0.2, 0) is 14.8 Å². The van der Waals surface area contributed by atoms with E-state index in [4.69, 9.17) is 4.42 Å². The van der Waals surface area contributed by atoms with Crippen LogP contribution in [0.15, 0.2) is 46.9 Å². The molecule has 4 rings (SSSR count). The van der Waals surface area contributed by atoms with Gasteiger partial charge >= 0.3 is 0 Å². The average molecular weight is 344 g/mol. The summed E-state index contributed by atoms with van der Waals surface area (Å²) in [6.45, 7) is 0.249. The number of amides is 1. The van der Waals surface area contributed by atoms with Crippen molar-refractivity contribution in [2.75, 3.05) is 24.2 Å². The molecule has 0 radical (unpaired) electrons. The highest BCUT2D eigenvalue weighted by molar-refractivity contribution is 7.89. The number of benzene rings is 2. The maximum Gasteiger partial charge on any atom is 0.239 e. The lowest BCUT2D eigenvalue weighted by atomic mass is 10.1. The molecular weight excluding hydrogens is 328 g/mol. The highest BCUT2D eigenvalue weighted by Gasteiger charge is 2.29. The lowest BCUT2D eigenvalue weighted by Gasteiger charge is -2.13. The summed E-state index contributed by atoms with van der Waals surface area (Å²) in [5, 5.41) is 4.74. The third-order valence-electron chi connectivity index (χ3n) is 4.19. The van der Waals surface area contributed by atoms with Gasteiger partial charge in [0, 0.05) is 29.1 Å². The molecule has 1 aliphatic rings. The second-order valence-electron chi connectivity index (χ2n) is 5.86. The van der Waals surface area contributed by atoms with Gasteiger partial charge in [-0.2, -0.15) is 4.31 Å². The van der Waals surface area contributed by atoms with Gasteiger partial charge in [-0.1, -0.05) is 18.2 Å². The molecule has 0 aliphatic carbocycles. The van der Waals surface area contributed by atoms with Crippen LogP contribution in [-0.4, -0.2) is 37.5 Å². The molecule has 124 valence electrons. The van der Waals surface area contributed by atoms with Crippen LogP contribution in [0, 0.1) is 0 Å². The Bertz CT molecular complexity index is 1040. The van der Waals surface area contributed by atoms with Crippen molar-refractivity contribution in [1.29, 1.82) is 0 Å². The molecule has 6 nitrogen and oxygen atoms in total. The Labute approximate surface area is 139 Å². The van der Waals surface area contributed by atoms with Crippen LogP contribution < -0.4 is 5.32 Å². The maximum atomic E-state index is 12.1. The summed E-state index contributed by atoms with van der Waals surface area (Å²) in [7, 11) is -3.27. The van der Waals surface area contributed by atoms with E-state index in [2.05, 4.69) is 5.32 Å². The fraction of sp³-hybridized carbons (Fsp3) is 0.235. The largest absolute Gasteiger partial charge is 0.456 e. The van der Waals surface area contributed by atoms with E-state index >= 15 is 0 Å². The minimum absolute atomic E-state index is 0.116. The predicted molar refractivity (Wildman–Crippen MR) is 92.3 cm³/mol. The lowest BCUT2D eigenvalue weighted by molar-refractivity contribution is -0.116. The molecule has 0 atom stereocenters. The van der Waals surface area contributed by atoms with Gasteiger partial charge in [0.05, 0.1) is 12.3 Å². The topological polar surface area (TPSA) is 79.6 Å². The number of nitrogens with zero attached hydrogens (tertiary/aromatic N) is 1. The summed E-state index contributed by atoms with van der Waals surface area (Å²) < 4.78 is 30.5. The number of sulfonamides is 1. The van der Waals surface area contributed by atoms with Gasteiger partial charge in [0.2, 0.25) is 15.9 Å². The molecule has 0 bridgehead atoms. The van der Waals surface area contributed by atoms with Crippen molar-refractivity contribution in [1.82, 2.24) is 4.31 Å². The van der Waals surface area contributed by atoms with E-state index in [9.17, 15) is 13.2 Å². The SMILES string of the molecule is O=C(CN1CCCS1(=O)=O)Nc1ccc2c(c1)oc1ccccc12. The van der Waals surface area contributed by atoms with Crippen LogP contribution in [0.3, 0.4) is 0 Å². The number of carbonyl (C=O) groups is 1. The molecule has 0 saturated carbocycles. The van der Waals surface area contributed by atoms with E-state index in [1.165, 1.54) is 4.31 Å². The number of carbonyl (C=O) groups excluding carboxylic acids is 1. The summed E-state index contributed by atoms with van der Waals surface area (Å²) in [6, 6.07) is 13.2. The highest BCUT2D eigenvalue weighted by atomic mass is 32.2. The van der Waals surface area contributed by atoms with Crippen molar-refractivity contribution in [2.45, 2.75) is 6.42 Å². The van der Waals surface area contributed by atoms with E-state index in [1.54, 1.807) is 12.1 Å². The Morgan fingerprint density at radius 3 is 2.71 bits per heavy atom. The van der Waals surface area contributed by atoms with Crippen LogP contribution in [0.2, 0.25) is 0 Å². The zero-order valence-corrected chi connectivity index (χ0v) is 13.7. The average Bonchev–Trinajstić information content (AvgIpc) is 3.06. The van der Waals surface area contributed by atoms with Gasteiger partial charge in [-0.3, -0.25) is 4.79 Å². The number of furan rings is 1. The normalized spacial score (nSPS) is 17.5. The number of rotatable bonds is 3. The third kappa shape index (κ3) is 2.65. The maximum absolute atomic E-state index is 12.1. The molecule has 24 heavy (non-hydrogen) atoms. The van der Waals surface area contributed by atoms with Gasteiger partial charge < -0.3 is 9.73 Å². The highest BCUT2D eigenvalue weighted by Crippen LogP contribution is 2.30. The monoisotopic (exact) mass is 344 g/mol. The summed E-state index contributed by atoms with van der Waals surface area (Å²) in [6.07, 6.45) is 0.570. The molecule has 2 heterocycles. The van der Waals surface area contributed by atoms with Gasteiger partial charge in [0.1, 0.15) is 11.2 Å². The van der Waals surface area contributed by atoms with Gasteiger partial charge in [0.25, 0.3) is 0 Å². The summed E-state index contributed by atoms with van der Waals surface area (Å²) >= 11 is 0. The molecule has 1 aliphatic heterocycles. The molecule has 0 unspecified atom stereocenters. The molecule has 1 aromatic heterocycles. The zero-order chi connectivity index (χ0) is 16.7. The first-order valence-corrected chi connectivity index (χ1v) is 9.33. The molecule has 3 aromatic rings. The van der Waals surface area contributed by atoms with Gasteiger partial charge in [-0.25, -0.2) is 8.42 Å². The molecular formula is C17H16N2O4S. The first-order valence-electron chi connectivity index (χ1n) is 7.72. The number of hydrogen-bond donors (Lipinski definition) is 1. The number of para-hydroxylation sites is 1. The number of hydrogen-bond acceptors (Lipinski definition) is 4. The van der Waals surface area contributed by atoms with Gasteiger partial charge in [-0.05, 0) is 24.6 Å². The Morgan fingerprint density at radius 2 is 1.92 bits per heavy atom. The van der Waals surface area contributed by atoms with Crippen molar-refractivity contribution in [3.05, 3.63) is 42.5 Å². The Morgan fingerprint density at radius 1 is 1.12 bits per heavy atom. The van der Waals surface area contributed by atoms with E-state index in [-0.39, 0.29) is 18.2 Å². The van der Waals surface area contributed by atoms with Crippen LogP contribution >= 0.6 is 0 Å². The first kappa shape index (κ1) is 15.2. The third-order valence-corrected chi connectivity index (χ3v) is 6.09. The molecule has 0 spiro atoms. The molecule has 1 saturated heterocycles. The molecule has 7 heteroatoms. The smallest absolute Gasteiger partial charge is 0.239 e. The second kappa shape index (κ2) is 5.61. The Hall–Kier alpha value is -2.38. The van der Waals surface area contributed by atoms with Crippen LogP contribution in [0.4, 0.5) is 5.69 Å². The zero-order valence-electron chi connectivity index (χ0n) is 12.9.